The highest BCUT2D eigenvalue weighted by molar-refractivity contribution is 4.72. The molecule has 0 bridgehead atoms. The highest BCUT2D eigenvalue weighted by Gasteiger charge is 2.12. The summed E-state index contributed by atoms with van der Waals surface area (Å²) in [6, 6.07) is 0.675. The van der Waals surface area contributed by atoms with Gasteiger partial charge in [-0.15, -0.1) is 0 Å². The van der Waals surface area contributed by atoms with Crippen LogP contribution in [0.15, 0.2) is 0 Å². The predicted octanol–water partition coefficient (Wildman–Crippen LogP) is 3.13. The lowest BCUT2D eigenvalue weighted by molar-refractivity contribution is 0.227. The Morgan fingerprint density at radius 1 is 1.06 bits per heavy atom. The molecule has 98 valence electrons. The van der Waals surface area contributed by atoms with E-state index in [1.54, 1.807) is 0 Å². The summed E-state index contributed by atoms with van der Waals surface area (Å²) in [4.78, 5) is 2.48. The Balaban J connectivity index is 3.67. The van der Waals surface area contributed by atoms with Crippen LogP contribution >= 0.6 is 0 Å². The van der Waals surface area contributed by atoms with Crippen molar-refractivity contribution in [2.45, 2.75) is 66.0 Å². The van der Waals surface area contributed by atoms with E-state index in [2.05, 4.69) is 58.8 Å². The van der Waals surface area contributed by atoms with Gasteiger partial charge in [0.05, 0.1) is 0 Å². The summed E-state index contributed by atoms with van der Waals surface area (Å²) in [5, 5.41) is 3.55. The maximum absolute atomic E-state index is 3.55. The van der Waals surface area contributed by atoms with Gasteiger partial charge in [0, 0.05) is 11.6 Å². The van der Waals surface area contributed by atoms with Crippen molar-refractivity contribution in [2.24, 2.45) is 5.92 Å². The van der Waals surface area contributed by atoms with Gasteiger partial charge in [0.1, 0.15) is 0 Å². The highest BCUT2D eigenvalue weighted by Crippen LogP contribution is 2.07. The first-order valence-corrected chi connectivity index (χ1v) is 6.67. The highest BCUT2D eigenvalue weighted by atomic mass is 15.1. The Hall–Kier alpha value is -0.0800. The van der Waals surface area contributed by atoms with E-state index < -0.39 is 0 Å². The summed E-state index contributed by atoms with van der Waals surface area (Å²) < 4.78 is 0. The largest absolute Gasteiger partial charge is 0.312 e. The minimum Gasteiger partial charge on any atom is -0.312 e. The molecule has 1 N–H and O–H groups in total. The molecule has 2 nitrogen and oxygen atoms in total. The molecule has 2 heteroatoms. The molecule has 0 heterocycles. The third-order valence-corrected chi connectivity index (χ3v) is 3.03. The molecule has 0 saturated carbocycles. The topological polar surface area (TPSA) is 15.3 Å². The van der Waals surface area contributed by atoms with E-state index in [-0.39, 0.29) is 5.54 Å². The van der Waals surface area contributed by atoms with Crippen LogP contribution in [0.2, 0.25) is 0 Å². The number of nitrogens with zero attached hydrogens (tertiary/aromatic N) is 1. The lowest BCUT2D eigenvalue weighted by Crippen LogP contribution is -2.39. The van der Waals surface area contributed by atoms with Crippen molar-refractivity contribution in [2.75, 3.05) is 20.1 Å². The minimum atomic E-state index is 0.246. The summed E-state index contributed by atoms with van der Waals surface area (Å²) in [5.74, 6) is 0.808. The fourth-order valence-electron chi connectivity index (χ4n) is 1.56. The van der Waals surface area contributed by atoms with Crippen LogP contribution in [0.5, 0.6) is 0 Å². The Morgan fingerprint density at radius 3 is 2.06 bits per heavy atom. The number of nitrogens with one attached hydrogen (secondary N) is 1. The van der Waals surface area contributed by atoms with E-state index in [0.717, 1.165) is 12.5 Å². The second-order valence-electron chi connectivity index (χ2n) is 6.48. The molecule has 16 heavy (non-hydrogen) atoms. The molecule has 0 aliphatic heterocycles. The number of rotatable bonds is 7. The summed E-state index contributed by atoms with van der Waals surface area (Å²) in [6.45, 7) is 15.9. The first-order chi connectivity index (χ1) is 7.22. The Morgan fingerprint density at radius 2 is 1.62 bits per heavy atom. The molecule has 0 aliphatic rings. The van der Waals surface area contributed by atoms with Gasteiger partial charge >= 0.3 is 0 Å². The van der Waals surface area contributed by atoms with Crippen LogP contribution in [0.1, 0.15) is 54.4 Å². The van der Waals surface area contributed by atoms with Crippen molar-refractivity contribution in [1.29, 1.82) is 0 Å². The average molecular weight is 228 g/mol. The van der Waals surface area contributed by atoms with Crippen LogP contribution < -0.4 is 5.32 Å². The average Bonchev–Trinajstić information content (AvgIpc) is 2.11. The van der Waals surface area contributed by atoms with E-state index in [0.29, 0.717) is 6.04 Å². The summed E-state index contributed by atoms with van der Waals surface area (Å²) in [5.41, 5.74) is 0.246. The lowest BCUT2D eigenvalue weighted by atomic mass is 10.1. The molecule has 0 aromatic heterocycles. The van der Waals surface area contributed by atoms with Crippen LogP contribution in [0.4, 0.5) is 0 Å². The third-order valence-electron chi connectivity index (χ3n) is 3.03. The van der Waals surface area contributed by atoms with Gasteiger partial charge in [-0.3, -0.25) is 0 Å². The third kappa shape index (κ3) is 9.17. The molecular weight excluding hydrogens is 196 g/mol. The Kier molecular flexibility index (Phi) is 7.25. The van der Waals surface area contributed by atoms with Gasteiger partial charge in [0.15, 0.2) is 0 Å². The van der Waals surface area contributed by atoms with E-state index in [1.165, 1.54) is 19.4 Å². The lowest BCUT2D eigenvalue weighted by Gasteiger charge is -2.27. The van der Waals surface area contributed by atoms with E-state index >= 15 is 0 Å². The van der Waals surface area contributed by atoms with Crippen molar-refractivity contribution in [3.05, 3.63) is 0 Å². The van der Waals surface area contributed by atoms with E-state index in [1.807, 2.05) is 0 Å². The number of hydrogen-bond donors (Lipinski definition) is 1. The molecule has 0 spiro atoms. The van der Waals surface area contributed by atoms with Crippen molar-refractivity contribution in [3.63, 3.8) is 0 Å². The second kappa shape index (κ2) is 7.29. The van der Waals surface area contributed by atoms with Crippen LogP contribution in [0, 0.1) is 5.92 Å². The van der Waals surface area contributed by atoms with Gasteiger partial charge in [-0.2, -0.15) is 0 Å². The second-order valence-corrected chi connectivity index (χ2v) is 6.48. The SMILES string of the molecule is CC(C)CCN(C)C(C)CCNC(C)(C)C. The normalized spacial score (nSPS) is 14.8. The van der Waals surface area contributed by atoms with Crippen LogP contribution in [-0.4, -0.2) is 36.6 Å². The molecule has 0 rings (SSSR count). The molecule has 0 saturated heterocycles. The van der Waals surface area contributed by atoms with Crippen LogP contribution in [-0.2, 0) is 0 Å². The summed E-state index contributed by atoms with van der Waals surface area (Å²) in [6.07, 6.45) is 2.53. The van der Waals surface area contributed by atoms with Crippen LogP contribution in [0.25, 0.3) is 0 Å². The molecule has 0 aromatic carbocycles. The molecule has 1 unspecified atom stereocenters. The summed E-state index contributed by atoms with van der Waals surface area (Å²) >= 11 is 0. The molecule has 0 amide bonds. The Labute approximate surface area is 103 Å². The maximum atomic E-state index is 3.55. The first-order valence-electron chi connectivity index (χ1n) is 6.67. The molecule has 0 radical (unpaired) electrons. The molecule has 1 atom stereocenters. The zero-order chi connectivity index (χ0) is 12.8. The zero-order valence-electron chi connectivity index (χ0n) is 12.4. The van der Waals surface area contributed by atoms with Crippen LogP contribution in [0.3, 0.4) is 0 Å². The monoisotopic (exact) mass is 228 g/mol. The van der Waals surface area contributed by atoms with E-state index in [9.17, 15) is 0 Å². The van der Waals surface area contributed by atoms with Gasteiger partial charge < -0.3 is 10.2 Å². The van der Waals surface area contributed by atoms with Crippen molar-refractivity contribution in [3.8, 4) is 0 Å². The fraction of sp³-hybridized carbons (Fsp3) is 1.00. The standard InChI is InChI=1S/C14H32N2/c1-12(2)9-11-16(7)13(3)8-10-15-14(4,5)6/h12-13,15H,8-11H2,1-7H3. The quantitative estimate of drug-likeness (QED) is 0.720. The number of hydrogen-bond acceptors (Lipinski definition) is 2. The van der Waals surface area contributed by atoms with Gasteiger partial charge in [0.2, 0.25) is 0 Å². The molecule has 0 aliphatic carbocycles. The molecular formula is C14H32N2. The van der Waals surface area contributed by atoms with E-state index in [4.69, 9.17) is 0 Å². The van der Waals surface area contributed by atoms with Crippen molar-refractivity contribution >= 4 is 0 Å². The smallest absolute Gasteiger partial charge is 0.00965 e. The van der Waals surface area contributed by atoms with Crippen molar-refractivity contribution in [1.82, 2.24) is 10.2 Å². The summed E-state index contributed by atoms with van der Waals surface area (Å²) in [7, 11) is 2.24. The minimum absolute atomic E-state index is 0.246. The van der Waals surface area contributed by atoms with Gasteiger partial charge in [-0.25, -0.2) is 0 Å². The van der Waals surface area contributed by atoms with Gasteiger partial charge in [0.25, 0.3) is 0 Å². The predicted molar refractivity (Wildman–Crippen MR) is 73.9 cm³/mol. The van der Waals surface area contributed by atoms with Gasteiger partial charge in [-0.05, 0) is 66.6 Å². The fourth-order valence-corrected chi connectivity index (χ4v) is 1.56. The first kappa shape index (κ1) is 15.9. The maximum Gasteiger partial charge on any atom is 0.00965 e. The van der Waals surface area contributed by atoms with Crippen molar-refractivity contribution < 1.29 is 0 Å². The Bertz CT molecular complexity index is 170. The molecule has 0 fully saturated rings. The zero-order valence-corrected chi connectivity index (χ0v) is 12.4. The van der Waals surface area contributed by atoms with Gasteiger partial charge in [-0.1, -0.05) is 13.8 Å². The molecule has 0 aromatic rings.